The van der Waals surface area contributed by atoms with Crippen LogP contribution in [0, 0.1) is 5.41 Å². The summed E-state index contributed by atoms with van der Waals surface area (Å²) in [6.07, 6.45) is 2.54. The minimum atomic E-state index is 0.359. The van der Waals surface area contributed by atoms with Crippen LogP contribution in [-0.2, 0) is 0 Å². The standard InChI is InChI=1S/C14H29NS2/c1-6-8-15-13(14(3,4)5)12-11(7-2)16-9-10-17-12/h11-13,15H,6-10H2,1-5H3. The topological polar surface area (TPSA) is 12.0 Å². The summed E-state index contributed by atoms with van der Waals surface area (Å²) >= 11 is 4.39. The molecule has 0 amide bonds. The zero-order chi connectivity index (χ0) is 12.9. The number of hydrogen-bond donors (Lipinski definition) is 1. The Morgan fingerprint density at radius 2 is 1.82 bits per heavy atom. The number of rotatable bonds is 5. The average molecular weight is 276 g/mol. The third kappa shape index (κ3) is 4.68. The van der Waals surface area contributed by atoms with E-state index in [4.69, 9.17) is 0 Å². The molecule has 3 unspecified atom stereocenters. The lowest BCUT2D eigenvalue weighted by atomic mass is 9.83. The van der Waals surface area contributed by atoms with Gasteiger partial charge in [0.2, 0.25) is 0 Å². The Hall–Kier alpha value is 0.660. The molecule has 17 heavy (non-hydrogen) atoms. The van der Waals surface area contributed by atoms with Gasteiger partial charge in [-0.1, -0.05) is 34.6 Å². The van der Waals surface area contributed by atoms with Crippen LogP contribution in [0.2, 0.25) is 0 Å². The maximum absolute atomic E-state index is 3.81. The van der Waals surface area contributed by atoms with Gasteiger partial charge in [0.15, 0.2) is 0 Å². The van der Waals surface area contributed by atoms with E-state index in [2.05, 4.69) is 63.5 Å². The van der Waals surface area contributed by atoms with Gasteiger partial charge in [-0.15, -0.1) is 0 Å². The second-order valence-electron chi connectivity index (χ2n) is 5.95. The van der Waals surface area contributed by atoms with Crippen molar-refractivity contribution < 1.29 is 0 Å². The minimum Gasteiger partial charge on any atom is -0.312 e. The van der Waals surface area contributed by atoms with Crippen molar-refractivity contribution in [2.75, 3.05) is 18.1 Å². The summed E-state index contributed by atoms with van der Waals surface area (Å²) in [4.78, 5) is 0. The zero-order valence-electron chi connectivity index (χ0n) is 12.1. The van der Waals surface area contributed by atoms with Gasteiger partial charge in [-0.2, -0.15) is 23.5 Å². The molecule has 3 heteroatoms. The van der Waals surface area contributed by atoms with Gasteiger partial charge >= 0.3 is 0 Å². The highest BCUT2D eigenvalue weighted by Gasteiger charge is 2.37. The van der Waals surface area contributed by atoms with Gasteiger partial charge in [-0.05, 0) is 24.8 Å². The molecule has 0 aromatic heterocycles. The number of hydrogen-bond acceptors (Lipinski definition) is 3. The Morgan fingerprint density at radius 1 is 1.18 bits per heavy atom. The Balaban J connectivity index is 2.72. The van der Waals surface area contributed by atoms with Crippen LogP contribution >= 0.6 is 23.5 Å². The molecule has 0 saturated carbocycles. The lowest BCUT2D eigenvalue weighted by Gasteiger charge is -2.43. The summed E-state index contributed by atoms with van der Waals surface area (Å²) in [5.41, 5.74) is 0.359. The van der Waals surface area contributed by atoms with E-state index in [1.807, 2.05) is 0 Å². The molecule has 1 fully saturated rings. The lowest BCUT2D eigenvalue weighted by Crippen LogP contribution is -2.52. The summed E-state index contributed by atoms with van der Waals surface area (Å²) in [6.45, 7) is 12.9. The van der Waals surface area contributed by atoms with Crippen LogP contribution in [0.25, 0.3) is 0 Å². The summed E-state index contributed by atoms with van der Waals surface area (Å²) in [5, 5.41) is 5.43. The second-order valence-corrected chi connectivity index (χ2v) is 8.58. The quantitative estimate of drug-likeness (QED) is 0.813. The van der Waals surface area contributed by atoms with Crippen LogP contribution < -0.4 is 5.32 Å². The minimum absolute atomic E-state index is 0.359. The summed E-state index contributed by atoms with van der Waals surface area (Å²) in [5.74, 6) is 2.66. The zero-order valence-corrected chi connectivity index (χ0v) is 13.7. The van der Waals surface area contributed by atoms with E-state index >= 15 is 0 Å². The highest BCUT2D eigenvalue weighted by atomic mass is 32.2. The first kappa shape index (κ1) is 15.7. The molecule has 1 aliphatic heterocycles. The molecule has 0 bridgehead atoms. The molecule has 1 aliphatic rings. The van der Waals surface area contributed by atoms with Crippen LogP contribution in [0.4, 0.5) is 0 Å². The molecular weight excluding hydrogens is 246 g/mol. The van der Waals surface area contributed by atoms with Gasteiger partial charge in [0.1, 0.15) is 0 Å². The fourth-order valence-electron chi connectivity index (χ4n) is 2.46. The third-order valence-corrected chi connectivity index (χ3v) is 6.72. The molecule has 1 nitrogen and oxygen atoms in total. The van der Waals surface area contributed by atoms with E-state index in [-0.39, 0.29) is 0 Å². The van der Waals surface area contributed by atoms with Crippen molar-refractivity contribution >= 4 is 23.5 Å². The van der Waals surface area contributed by atoms with E-state index in [1.165, 1.54) is 24.3 Å². The Bertz CT molecular complexity index is 213. The highest BCUT2D eigenvalue weighted by Crippen LogP contribution is 2.39. The van der Waals surface area contributed by atoms with Crippen molar-refractivity contribution in [1.29, 1.82) is 0 Å². The van der Waals surface area contributed by atoms with Gasteiger partial charge in [0.05, 0.1) is 0 Å². The molecule has 0 radical (unpaired) electrons. The van der Waals surface area contributed by atoms with Crippen LogP contribution in [0.5, 0.6) is 0 Å². The smallest absolute Gasteiger partial charge is 0.0325 e. The van der Waals surface area contributed by atoms with E-state index in [0.29, 0.717) is 11.5 Å². The molecule has 0 spiro atoms. The fraction of sp³-hybridized carbons (Fsp3) is 1.00. The first-order valence-electron chi connectivity index (χ1n) is 6.97. The Morgan fingerprint density at radius 3 is 2.35 bits per heavy atom. The maximum atomic E-state index is 3.81. The molecule has 1 N–H and O–H groups in total. The van der Waals surface area contributed by atoms with Crippen molar-refractivity contribution in [1.82, 2.24) is 5.32 Å². The fourth-order valence-corrected chi connectivity index (χ4v) is 5.96. The molecule has 1 rings (SSSR count). The van der Waals surface area contributed by atoms with Crippen molar-refractivity contribution in [2.24, 2.45) is 5.41 Å². The van der Waals surface area contributed by atoms with Crippen molar-refractivity contribution in [2.45, 2.75) is 64.0 Å². The highest BCUT2D eigenvalue weighted by molar-refractivity contribution is 8.07. The van der Waals surface area contributed by atoms with E-state index < -0.39 is 0 Å². The summed E-state index contributed by atoms with van der Waals surface area (Å²) in [7, 11) is 0. The molecule has 0 aromatic carbocycles. The maximum Gasteiger partial charge on any atom is 0.0325 e. The van der Waals surface area contributed by atoms with Crippen molar-refractivity contribution in [3.63, 3.8) is 0 Å². The number of nitrogens with one attached hydrogen (secondary N) is 1. The van der Waals surface area contributed by atoms with Gasteiger partial charge in [0, 0.05) is 28.0 Å². The predicted octanol–water partition coefficient (Wildman–Crippen LogP) is 4.03. The first-order chi connectivity index (χ1) is 8.00. The van der Waals surface area contributed by atoms with Crippen LogP contribution in [0.3, 0.4) is 0 Å². The Kier molecular flexibility index (Phi) is 6.75. The second kappa shape index (κ2) is 7.30. The van der Waals surface area contributed by atoms with Crippen LogP contribution in [-0.4, -0.2) is 34.6 Å². The molecule has 0 aliphatic carbocycles. The Labute approximate surface area is 116 Å². The lowest BCUT2D eigenvalue weighted by molar-refractivity contribution is 0.259. The molecule has 0 aromatic rings. The summed E-state index contributed by atoms with van der Waals surface area (Å²) in [6, 6.07) is 0.644. The third-order valence-electron chi connectivity index (χ3n) is 3.37. The molecule has 1 heterocycles. The average Bonchev–Trinajstić information content (AvgIpc) is 2.28. The van der Waals surface area contributed by atoms with Gasteiger partial charge in [0.25, 0.3) is 0 Å². The van der Waals surface area contributed by atoms with Crippen molar-refractivity contribution in [3.8, 4) is 0 Å². The van der Waals surface area contributed by atoms with Crippen LogP contribution in [0.1, 0.15) is 47.5 Å². The van der Waals surface area contributed by atoms with E-state index in [1.54, 1.807) is 0 Å². The monoisotopic (exact) mass is 275 g/mol. The van der Waals surface area contributed by atoms with Crippen molar-refractivity contribution in [3.05, 3.63) is 0 Å². The SMILES string of the molecule is CCCNC(C1SCCSC1CC)C(C)(C)C. The van der Waals surface area contributed by atoms with Gasteiger partial charge in [-0.25, -0.2) is 0 Å². The first-order valence-corrected chi connectivity index (χ1v) is 9.07. The molecule has 102 valence electrons. The van der Waals surface area contributed by atoms with Crippen LogP contribution in [0.15, 0.2) is 0 Å². The van der Waals surface area contributed by atoms with Gasteiger partial charge < -0.3 is 5.32 Å². The van der Waals surface area contributed by atoms with E-state index in [9.17, 15) is 0 Å². The molecular formula is C14H29NS2. The van der Waals surface area contributed by atoms with E-state index in [0.717, 1.165) is 17.0 Å². The summed E-state index contributed by atoms with van der Waals surface area (Å²) < 4.78 is 0. The van der Waals surface area contributed by atoms with Gasteiger partial charge in [-0.3, -0.25) is 0 Å². The largest absolute Gasteiger partial charge is 0.312 e. The normalized spacial score (nSPS) is 28.1. The number of thioether (sulfide) groups is 2. The molecule has 1 saturated heterocycles. The molecule has 3 atom stereocenters. The predicted molar refractivity (Wildman–Crippen MR) is 84.3 cm³/mol.